The minimum atomic E-state index is -1.35. The fourth-order valence-electron chi connectivity index (χ4n) is 2.14. The number of carboxylic acid groups (broad SMARTS) is 2. The molecule has 1 aliphatic rings. The van der Waals surface area contributed by atoms with Crippen LogP contribution >= 0.6 is 0 Å². The van der Waals surface area contributed by atoms with Crippen molar-refractivity contribution in [3.63, 3.8) is 0 Å². The number of hydrogen-bond donors (Lipinski definition) is 2. The van der Waals surface area contributed by atoms with E-state index in [4.69, 9.17) is 5.11 Å². The lowest BCUT2D eigenvalue weighted by Crippen LogP contribution is -2.42. The maximum Gasteiger partial charge on any atom is 0.335 e. The maximum absolute atomic E-state index is 12.0. The van der Waals surface area contributed by atoms with Gasteiger partial charge in [0.05, 0.1) is 5.56 Å². The number of amides is 1. The molecule has 20 heavy (non-hydrogen) atoms. The van der Waals surface area contributed by atoms with Crippen LogP contribution in [0.3, 0.4) is 0 Å². The number of likely N-dealkylation sites (N-methyl/N-ethyl adjacent to an activating group) is 1. The van der Waals surface area contributed by atoms with Crippen LogP contribution in [0.2, 0.25) is 0 Å². The van der Waals surface area contributed by atoms with E-state index in [0.717, 1.165) is 5.56 Å². The number of hydrogen-bond acceptors (Lipinski definition) is 5. The molecule has 0 fully saturated rings. The van der Waals surface area contributed by atoms with Gasteiger partial charge in [0.25, 0.3) is 0 Å². The molecular weight excluding hydrogens is 264 g/mol. The van der Waals surface area contributed by atoms with Crippen LogP contribution in [0.4, 0.5) is 5.69 Å². The van der Waals surface area contributed by atoms with E-state index < -0.39 is 24.4 Å². The Morgan fingerprint density at radius 1 is 1.50 bits per heavy atom. The molecule has 1 aliphatic heterocycles. The molecular formula is C13H13N2O5-. The van der Waals surface area contributed by atoms with Crippen LogP contribution in [0.15, 0.2) is 18.2 Å². The van der Waals surface area contributed by atoms with Gasteiger partial charge >= 0.3 is 5.97 Å². The number of benzene rings is 1. The monoisotopic (exact) mass is 277 g/mol. The fourth-order valence-corrected chi connectivity index (χ4v) is 2.14. The number of carbonyl (C=O) groups is 3. The summed E-state index contributed by atoms with van der Waals surface area (Å²) in [5.41, 5.74) is 1.25. The molecule has 2 rings (SSSR count). The predicted octanol–water partition coefficient (Wildman–Crippen LogP) is -0.723. The lowest BCUT2D eigenvalue weighted by atomic mass is 10.1. The Balaban J connectivity index is 2.39. The Bertz CT molecular complexity index is 584. The number of rotatable bonds is 3. The zero-order valence-electron chi connectivity index (χ0n) is 10.8. The summed E-state index contributed by atoms with van der Waals surface area (Å²) in [5, 5.41) is 22.5. The Hall–Kier alpha value is -2.57. The van der Waals surface area contributed by atoms with Crippen molar-refractivity contribution in [2.24, 2.45) is 0 Å². The molecule has 0 saturated heterocycles. The second-order valence-electron chi connectivity index (χ2n) is 4.64. The van der Waals surface area contributed by atoms with Crippen LogP contribution in [0.1, 0.15) is 22.3 Å². The number of anilines is 1. The molecule has 1 atom stereocenters. The van der Waals surface area contributed by atoms with Crippen LogP contribution in [0.25, 0.3) is 0 Å². The van der Waals surface area contributed by atoms with Gasteiger partial charge in [-0.1, -0.05) is 6.07 Å². The van der Waals surface area contributed by atoms with Crippen molar-refractivity contribution < 1.29 is 24.6 Å². The first-order valence-corrected chi connectivity index (χ1v) is 5.96. The molecule has 0 spiro atoms. The van der Waals surface area contributed by atoms with Gasteiger partial charge in [-0.15, -0.1) is 0 Å². The van der Waals surface area contributed by atoms with Gasteiger partial charge < -0.3 is 25.2 Å². The van der Waals surface area contributed by atoms with Gasteiger partial charge in [0, 0.05) is 31.7 Å². The third-order valence-corrected chi connectivity index (χ3v) is 3.14. The summed E-state index contributed by atoms with van der Waals surface area (Å²) >= 11 is 0. The summed E-state index contributed by atoms with van der Waals surface area (Å²) in [6.07, 6.45) is -0.472. The average molecular weight is 277 g/mol. The summed E-state index contributed by atoms with van der Waals surface area (Å²) in [5.74, 6) is -2.81. The highest BCUT2D eigenvalue weighted by Gasteiger charge is 2.27. The van der Waals surface area contributed by atoms with Crippen molar-refractivity contribution in [3.8, 4) is 0 Å². The molecule has 0 radical (unpaired) electrons. The Kier molecular flexibility index (Phi) is 3.60. The first-order chi connectivity index (χ1) is 9.38. The van der Waals surface area contributed by atoms with E-state index in [2.05, 4.69) is 5.32 Å². The molecule has 1 aromatic carbocycles. The molecule has 0 aromatic heterocycles. The van der Waals surface area contributed by atoms with E-state index in [1.54, 1.807) is 13.1 Å². The summed E-state index contributed by atoms with van der Waals surface area (Å²) in [4.78, 5) is 35.1. The highest BCUT2D eigenvalue weighted by molar-refractivity contribution is 5.92. The van der Waals surface area contributed by atoms with Crippen LogP contribution in [0.5, 0.6) is 0 Å². The molecule has 106 valence electrons. The van der Waals surface area contributed by atoms with Gasteiger partial charge in [-0.2, -0.15) is 0 Å². The smallest absolute Gasteiger partial charge is 0.335 e. The maximum atomic E-state index is 12.0. The summed E-state index contributed by atoms with van der Waals surface area (Å²) in [7, 11) is 1.56. The Morgan fingerprint density at radius 2 is 2.20 bits per heavy atom. The zero-order chi connectivity index (χ0) is 14.9. The van der Waals surface area contributed by atoms with Crippen molar-refractivity contribution in [2.75, 3.05) is 12.4 Å². The van der Waals surface area contributed by atoms with E-state index in [1.807, 2.05) is 0 Å². The zero-order valence-corrected chi connectivity index (χ0v) is 10.8. The Labute approximate surface area is 114 Å². The quantitative estimate of drug-likeness (QED) is 0.754. The van der Waals surface area contributed by atoms with Crippen LogP contribution < -0.4 is 10.4 Å². The minimum absolute atomic E-state index is 0.0699. The standard InChI is InChI=1S/C13H14N2O5/c1-15-6-8-3-2-7(13(19)20)4-9(8)14-10(12(15)18)5-11(16)17/h2-4,10,14H,5-6H2,1H3,(H,16,17)(H,19,20)/p-1. The number of nitrogens with zero attached hydrogens (tertiary/aromatic N) is 1. The third kappa shape index (κ3) is 2.71. The van der Waals surface area contributed by atoms with Crippen molar-refractivity contribution in [1.82, 2.24) is 4.90 Å². The average Bonchev–Trinajstić information content (AvgIpc) is 2.47. The second-order valence-corrected chi connectivity index (χ2v) is 4.64. The van der Waals surface area contributed by atoms with Gasteiger partial charge in [-0.25, -0.2) is 4.79 Å². The van der Waals surface area contributed by atoms with Gasteiger partial charge in [0.1, 0.15) is 6.04 Å². The van der Waals surface area contributed by atoms with Crippen LogP contribution in [-0.2, 0) is 16.1 Å². The van der Waals surface area contributed by atoms with E-state index >= 15 is 0 Å². The highest BCUT2D eigenvalue weighted by Crippen LogP contribution is 2.24. The van der Waals surface area contributed by atoms with Gasteiger partial charge in [0.15, 0.2) is 0 Å². The predicted molar refractivity (Wildman–Crippen MR) is 66.9 cm³/mol. The lowest BCUT2D eigenvalue weighted by molar-refractivity contribution is -0.305. The van der Waals surface area contributed by atoms with Gasteiger partial charge in [-0.3, -0.25) is 4.79 Å². The summed E-state index contributed by atoms with van der Waals surface area (Å²) in [6.45, 7) is 0.282. The van der Waals surface area contributed by atoms with E-state index in [-0.39, 0.29) is 18.0 Å². The molecule has 1 amide bonds. The molecule has 0 aliphatic carbocycles. The van der Waals surface area contributed by atoms with E-state index in [0.29, 0.717) is 5.69 Å². The SMILES string of the molecule is CN1Cc2ccc(C(=O)O)cc2NC(CC(=O)[O-])C1=O. The molecule has 2 N–H and O–H groups in total. The molecule has 1 heterocycles. The van der Waals surface area contributed by atoms with Crippen molar-refractivity contribution >= 4 is 23.5 Å². The van der Waals surface area contributed by atoms with E-state index in [1.165, 1.54) is 17.0 Å². The molecule has 0 bridgehead atoms. The minimum Gasteiger partial charge on any atom is -0.550 e. The van der Waals surface area contributed by atoms with Crippen molar-refractivity contribution in [3.05, 3.63) is 29.3 Å². The number of aliphatic carboxylic acids is 1. The number of carboxylic acids is 2. The number of fused-ring (bicyclic) bond motifs is 1. The van der Waals surface area contributed by atoms with Crippen molar-refractivity contribution in [1.29, 1.82) is 0 Å². The number of aromatic carboxylic acids is 1. The lowest BCUT2D eigenvalue weighted by Gasteiger charge is -2.20. The normalized spacial score (nSPS) is 17.9. The van der Waals surface area contributed by atoms with Crippen LogP contribution in [0, 0.1) is 0 Å². The van der Waals surface area contributed by atoms with Gasteiger partial charge in [0.2, 0.25) is 5.91 Å². The Morgan fingerprint density at radius 3 is 2.80 bits per heavy atom. The molecule has 1 unspecified atom stereocenters. The largest absolute Gasteiger partial charge is 0.550 e. The highest BCUT2D eigenvalue weighted by atomic mass is 16.4. The summed E-state index contributed by atoms with van der Waals surface area (Å²) in [6, 6.07) is 3.49. The molecule has 0 saturated carbocycles. The number of carbonyl (C=O) groups excluding carboxylic acids is 2. The topological polar surface area (TPSA) is 110 Å². The third-order valence-electron chi connectivity index (χ3n) is 3.14. The van der Waals surface area contributed by atoms with Crippen LogP contribution in [-0.4, -0.2) is 40.9 Å². The molecule has 7 heteroatoms. The van der Waals surface area contributed by atoms with Gasteiger partial charge in [-0.05, 0) is 17.7 Å². The molecule has 1 aromatic rings. The molecule has 7 nitrogen and oxygen atoms in total. The second kappa shape index (κ2) is 5.20. The van der Waals surface area contributed by atoms with E-state index in [9.17, 15) is 19.5 Å². The first-order valence-electron chi connectivity index (χ1n) is 5.96. The van der Waals surface area contributed by atoms with Crippen molar-refractivity contribution in [2.45, 2.75) is 19.0 Å². The first kappa shape index (κ1) is 13.9. The summed E-state index contributed by atoms with van der Waals surface area (Å²) < 4.78 is 0. The fraction of sp³-hybridized carbons (Fsp3) is 0.308. The number of nitrogens with one attached hydrogen (secondary N) is 1.